The van der Waals surface area contributed by atoms with E-state index in [9.17, 15) is 14.0 Å². The second-order valence-electron chi connectivity index (χ2n) is 7.97. The Kier molecular flexibility index (Phi) is 7.46. The Morgan fingerprint density at radius 2 is 1.71 bits per heavy atom. The lowest BCUT2D eigenvalue weighted by atomic mass is 9.87. The molecule has 0 bridgehead atoms. The first-order chi connectivity index (χ1) is 14.7. The van der Waals surface area contributed by atoms with Crippen molar-refractivity contribution in [2.75, 3.05) is 16.4 Å². The summed E-state index contributed by atoms with van der Waals surface area (Å²) in [6.07, 6.45) is 0. The van der Waals surface area contributed by atoms with Gasteiger partial charge in [0.2, 0.25) is 5.91 Å². The Morgan fingerprint density at radius 3 is 2.35 bits per heavy atom. The van der Waals surface area contributed by atoms with Crippen LogP contribution in [0.3, 0.4) is 0 Å². The number of carbonyl (C=O) groups is 2. The van der Waals surface area contributed by atoms with Gasteiger partial charge in [0.15, 0.2) is 5.13 Å². The van der Waals surface area contributed by atoms with Crippen molar-refractivity contribution < 1.29 is 14.0 Å². The minimum Gasteiger partial charge on any atom is -0.325 e. The maximum absolute atomic E-state index is 12.9. The van der Waals surface area contributed by atoms with Crippen LogP contribution in [0.25, 0.3) is 0 Å². The number of thiazole rings is 1. The van der Waals surface area contributed by atoms with Crippen molar-refractivity contribution >= 4 is 45.7 Å². The highest BCUT2D eigenvalue weighted by Gasteiger charge is 2.15. The zero-order chi connectivity index (χ0) is 22.4. The van der Waals surface area contributed by atoms with Crippen LogP contribution in [0.2, 0.25) is 0 Å². The molecule has 31 heavy (non-hydrogen) atoms. The third-order valence-electron chi connectivity index (χ3n) is 4.40. The molecule has 0 radical (unpaired) electrons. The summed E-state index contributed by atoms with van der Waals surface area (Å²) in [6.45, 7) is 6.39. The van der Waals surface area contributed by atoms with E-state index in [-0.39, 0.29) is 28.8 Å². The van der Waals surface area contributed by atoms with E-state index < -0.39 is 0 Å². The first-order valence-electron chi connectivity index (χ1n) is 9.70. The third kappa shape index (κ3) is 6.90. The number of nitrogens with zero attached hydrogens (tertiary/aromatic N) is 1. The standard InChI is InChI=1S/C23H24FN3O2S2/c1-23(2,3)16-6-4-15(5-7-16)21(29)27-22-26-19(13-31-22)12-30-14-20(28)25-18-10-8-17(24)9-11-18/h4-11,13H,12,14H2,1-3H3,(H,25,28)(H,26,27,29). The zero-order valence-corrected chi connectivity index (χ0v) is 19.2. The van der Waals surface area contributed by atoms with Crippen LogP contribution < -0.4 is 10.6 Å². The van der Waals surface area contributed by atoms with Crippen LogP contribution in [0.4, 0.5) is 15.2 Å². The minimum absolute atomic E-state index is 0.0345. The van der Waals surface area contributed by atoms with Gasteiger partial charge >= 0.3 is 0 Å². The molecule has 5 nitrogen and oxygen atoms in total. The van der Waals surface area contributed by atoms with Crippen LogP contribution in [0.1, 0.15) is 42.4 Å². The maximum atomic E-state index is 12.9. The highest BCUT2D eigenvalue weighted by atomic mass is 32.2. The Hall–Kier alpha value is -2.71. The van der Waals surface area contributed by atoms with Gasteiger partial charge < -0.3 is 5.32 Å². The van der Waals surface area contributed by atoms with E-state index in [4.69, 9.17) is 0 Å². The number of halogens is 1. The fourth-order valence-corrected chi connectivity index (χ4v) is 4.23. The van der Waals surface area contributed by atoms with E-state index in [1.807, 2.05) is 29.6 Å². The van der Waals surface area contributed by atoms with Crippen LogP contribution >= 0.6 is 23.1 Å². The lowest BCUT2D eigenvalue weighted by Gasteiger charge is -2.18. The molecular weight excluding hydrogens is 433 g/mol. The molecule has 2 aromatic carbocycles. The summed E-state index contributed by atoms with van der Waals surface area (Å²) < 4.78 is 12.9. The van der Waals surface area contributed by atoms with E-state index >= 15 is 0 Å². The van der Waals surface area contributed by atoms with Crippen LogP contribution in [0.5, 0.6) is 0 Å². The molecule has 3 aromatic rings. The molecule has 0 saturated heterocycles. The van der Waals surface area contributed by atoms with Crippen molar-refractivity contribution in [3.05, 3.63) is 76.5 Å². The largest absolute Gasteiger partial charge is 0.325 e. The molecule has 0 unspecified atom stereocenters. The van der Waals surface area contributed by atoms with Crippen molar-refractivity contribution in [2.45, 2.75) is 31.9 Å². The van der Waals surface area contributed by atoms with Gasteiger partial charge in [-0.25, -0.2) is 9.37 Å². The quantitative estimate of drug-likeness (QED) is 0.477. The number of nitrogens with one attached hydrogen (secondary N) is 2. The van der Waals surface area contributed by atoms with Gasteiger partial charge in [-0.2, -0.15) is 0 Å². The average Bonchev–Trinajstić information content (AvgIpc) is 3.16. The number of hydrogen-bond acceptors (Lipinski definition) is 5. The Bertz CT molecular complexity index is 1040. The maximum Gasteiger partial charge on any atom is 0.257 e. The number of thioether (sulfide) groups is 1. The van der Waals surface area contributed by atoms with E-state index in [0.717, 1.165) is 5.69 Å². The molecule has 0 aliphatic carbocycles. The summed E-state index contributed by atoms with van der Waals surface area (Å²) >= 11 is 2.76. The molecule has 1 heterocycles. The molecular formula is C23H24FN3O2S2. The van der Waals surface area contributed by atoms with Gasteiger partial charge in [0, 0.05) is 22.4 Å². The lowest BCUT2D eigenvalue weighted by Crippen LogP contribution is -2.14. The molecule has 8 heteroatoms. The molecule has 0 atom stereocenters. The topological polar surface area (TPSA) is 71.1 Å². The Labute approximate surface area is 189 Å². The van der Waals surface area contributed by atoms with Crippen LogP contribution in [0.15, 0.2) is 53.9 Å². The highest BCUT2D eigenvalue weighted by Crippen LogP contribution is 2.23. The molecule has 0 saturated carbocycles. The van der Waals surface area contributed by atoms with Crippen LogP contribution in [0, 0.1) is 5.82 Å². The first-order valence-corrected chi connectivity index (χ1v) is 11.7. The first kappa shape index (κ1) is 23.0. The number of carbonyl (C=O) groups excluding carboxylic acids is 2. The van der Waals surface area contributed by atoms with Gasteiger partial charge in [-0.05, 0) is 47.4 Å². The smallest absolute Gasteiger partial charge is 0.257 e. The second-order valence-corrected chi connectivity index (χ2v) is 9.82. The number of rotatable bonds is 7. The predicted molar refractivity (Wildman–Crippen MR) is 126 cm³/mol. The second kappa shape index (κ2) is 10.1. The molecule has 0 aliphatic rings. The summed E-state index contributed by atoms with van der Waals surface area (Å²) in [6, 6.07) is 13.2. The van der Waals surface area contributed by atoms with Gasteiger partial charge in [0.05, 0.1) is 11.4 Å². The molecule has 0 aliphatic heterocycles. The van der Waals surface area contributed by atoms with Crippen LogP contribution in [-0.2, 0) is 16.0 Å². The van der Waals surface area contributed by atoms with E-state index in [1.165, 1.54) is 52.9 Å². The van der Waals surface area contributed by atoms with Crippen LogP contribution in [-0.4, -0.2) is 22.6 Å². The number of anilines is 2. The number of benzene rings is 2. The molecule has 2 N–H and O–H groups in total. The summed E-state index contributed by atoms with van der Waals surface area (Å²) in [4.78, 5) is 28.9. The summed E-state index contributed by atoms with van der Waals surface area (Å²) in [5, 5.41) is 7.93. The average molecular weight is 458 g/mol. The van der Waals surface area contributed by atoms with Crippen molar-refractivity contribution in [1.82, 2.24) is 4.98 Å². The highest BCUT2D eigenvalue weighted by molar-refractivity contribution is 7.99. The normalized spacial score (nSPS) is 11.2. The SMILES string of the molecule is CC(C)(C)c1ccc(C(=O)Nc2nc(CSCC(=O)Nc3ccc(F)cc3)cs2)cc1. The van der Waals surface area contributed by atoms with Gasteiger partial charge in [-0.1, -0.05) is 32.9 Å². The molecule has 162 valence electrons. The van der Waals surface area contributed by atoms with E-state index in [1.54, 1.807) is 0 Å². The lowest BCUT2D eigenvalue weighted by molar-refractivity contribution is -0.113. The number of amides is 2. The van der Waals surface area contributed by atoms with Gasteiger partial charge in [-0.3, -0.25) is 14.9 Å². The van der Waals surface area contributed by atoms with E-state index in [0.29, 0.717) is 22.1 Å². The fourth-order valence-electron chi connectivity index (χ4n) is 2.70. The summed E-state index contributed by atoms with van der Waals surface area (Å²) in [5.74, 6) is 0.0766. The molecule has 2 amide bonds. The molecule has 0 fully saturated rings. The van der Waals surface area contributed by atoms with Crippen molar-refractivity contribution in [3.8, 4) is 0 Å². The number of aromatic nitrogens is 1. The number of hydrogen-bond donors (Lipinski definition) is 2. The monoisotopic (exact) mass is 457 g/mol. The third-order valence-corrected chi connectivity index (χ3v) is 6.17. The van der Waals surface area contributed by atoms with Gasteiger partial charge in [0.1, 0.15) is 5.82 Å². The van der Waals surface area contributed by atoms with Gasteiger partial charge in [-0.15, -0.1) is 23.1 Å². The Morgan fingerprint density at radius 1 is 1.03 bits per heavy atom. The summed E-state index contributed by atoms with van der Waals surface area (Å²) in [7, 11) is 0. The predicted octanol–water partition coefficient (Wildman–Crippen LogP) is 5.70. The zero-order valence-electron chi connectivity index (χ0n) is 17.6. The van der Waals surface area contributed by atoms with Gasteiger partial charge in [0.25, 0.3) is 5.91 Å². The van der Waals surface area contributed by atoms with E-state index in [2.05, 4.69) is 36.4 Å². The summed E-state index contributed by atoms with van der Waals surface area (Å²) in [5.41, 5.74) is 3.13. The fraction of sp³-hybridized carbons (Fsp3) is 0.261. The Balaban J connectivity index is 1.46. The van der Waals surface area contributed by atoms with Crippen molar-refractivity contribution in [2.24, 2.45) is 0 Å². The van der Waals surface area contributed by atoms with Crippen molar-refractivity contribution in [1.29, 1.82) is 0 Å². The molecule has 0 spiro atoms. The van der Waals surface area contributed by atoms with Crippen molar-refractivity contribution in [3.63, 3.8) is 0 Å². The molecule has 3 rings (SSSR count). The molecule has 1 aromatic heterocycles. The minimum atomic E-state index is -0.347.